The van der Waals surface area contributed by atoms with E-state index in [0.29, 0.717) is 30.0 Å². The zero-order chi connectivity index (χ0) is 28.0. The summed E-state index contributed by atoms with van der Waals surface area (Å²) >= 11 is 0. The number of esters is 2. The Morgan fingerprint density at radius 1 is 1.00 bits per heavy atom. The number of likely N-dealkylation sites (N-methyl/N-ethyl adjacent to an activating group) is 1. The monoisotopic (exact) mass is 521 g/mol. The topological polar surface area (TPSA) is 111 Å². The van der Waals surface area contributed by atoms with E-state index >= 15 is 0 Å². The number of rotatable bonds is 9. The molecule has 3 rings (SSSR count). The van der Waals surface area contributed by atoms with E-state index in [2.05, 4.69) is 5.32 Å². The number of benzene rings is 2. The lowest BCUT2D eigenvalue weighted by Gasteiger charge is -2.32. The highest BCUT2D eigenvalue weighted by molar-refractivity contribution is 6.00. The number of allylic oxidation sites excluding steroid dienone is 2. The number of hydrogen-bond donors (Lipinski definition) is 1. The number of nitrogens with one attached hydrogen (secondary N) is 1. The summed E-state index contributed by atoms with van der Waals surface area (Å²) in [5.74, 6) is -2.12. The van der Waals surface area contributed by atoms with Crippen LogP contribution in [-0.4, -0.2) is 47.6 Å². The van der Waals surface area contributed by atoms with Gasteiger partial charge in [-0.2, -0.15) is 0 Å². The van der Waals surface area contributed by atoms with Crippen LogP contribution in [0.15, 0.2) is 77.1 Å². The van der Waals surface area contributed by atoms with Crippen molar-refractivity contribution in [2.75, 3.05) is 20.2 Å². The number of nitro groups is 1. The minimum atomic E-state index is -0.902. The van der Waals surface area contributed by atoms with Gasteiger partial charge in [0.1, 0.15) is 12.2 Å². The Bertz CT molecular complexity index is 1260. The van der Waals surface area contributed by atoms with E-state index in [-0.39, 0.29) is 23.4 Å². The van der Waals surface area contributed by atoms with Gasteiger partial charge in [0.2, 0.25) is 0 Å². The average molecular weight is 522 g/mol. The molecule has 0 spiro atoms. The lowest BCUT2D eigenvalue weighted by atomic mass is 9.80. The summed E-state index contributed by atoms with van der Waals surface area (Å²) < 4.78 is 11.3. The second-order valence-electron chi connectivity index (χ2n) is 10.3. The van der Waals surface area contributed by atoms with Crippen molar-refractivity contribution in [2.45, 2.75) is 52.7 Å². The van der Waals surface area contributed by atoms with Crippen LogP contribution in [-0.2, 0) is 25.6 Å². The molecule has 1 aliphatic rings. The molecule has 1 atom stereocenters. The van der Waals surface area contributed by atoms with E-state index in [4.69, 9.17) is 9.47 Å². The molecule has 1 unspecified atom stereocenters. The Hall–Kier alpha value is -3.98. The van der Waals surface area contributed by atoms with Gasteiger partial charge in [0.25, 0.3) is 5.69 Å². The number of carbonyl (C=O) groups is 2. The van der Waals surface area contributed by atoms with E-state index in [9.17, 15) is 19.7 Å². The summed E-state index contributed by atoms with van der Waals surface area (Å²) in [6, 6.07) is 15.9. The standard InChI is InChI=1S/C29H35N3O6/c1-19-24(27(33)37-16-15-31(6)18-21-11-8-7-9-12-21)26(22-13-10-14-23(17-22)32(35)36)25(20(2)30-19)28(34)38-29(3,4)5/h7-14,17,26,30H,15-16,18H2,1-6H3. The molecule has 9 heteroatoms. The van der Waals surface area contributed by atoms with E-state index in [1.807, 2.05) is 42.3 Å². The molecule has 0 radical (unpaired) electrons. The number of carbonyl (C=O) groups excluding carboxylic acids is 2. The molecule has 1 N–H and O–H groups in total. The molecule has 38 heavy (non-hydrogen) atoms. The van der Waals surface area contributed by atoms with Gasteiger partial charge < -0.3 is 14.8 Å². The molecule has 0 amide bonds. The van der Waals surface area contributed by atoms with Crippen molar-refractivity contribution in [3.05, 3.63) is 98.4 Å². The molecule has 9 nitrogen and oxygen atoms in total. The molecule has 1 heterocycles. The first-order chi connectivity index (χ1) is 17.9. The minimum absolute atomic E-state index is 0.130. The third-order valence-corrected chi connectivity index (χ3v) is 6.01. The zero-order valence-corrected chi connectivity index (χ0v) is 22.7. The van der Waals surface area contributed by atoms with Gasteiger partial charge in [0, 0.05) is 36.6 Å². The first kappa shape index (κ1) is 28.6. The lowest BCUT2D eigenvalue weighted by Crippen LogP contribution is -2.35. The fraction of sp³-hybridized carbons (Fsp3) is 0.379. The summed E-state index contributed by atoms with van der Waals surface area (Å²) in [5.41, 5.74) is 2.08. The van der Waals surface area contributed by atoms with Crippen molar-refractivity contribution >= 4 is 17.6 Å². The number of nitrogens with zero attached hydrogens (tertiary/aromatic N) is 2. The number of dihydropyridines is 1. The number of ether oxygens (including phenoxy) is 2. The maximum atomic E-state index is 13.5. The highest BCUT2D eigenvalue weighted by Crippen LogP contribution is 2.40. The molecule has 0 aliphatic carbocycles. The predicted molar refractivity (Wildman–Crippen MR) is 144 cm³/mol. The molecule has 0 bridgehead atoms. The van der Waals surface area contributed by atoms with Crippen molar-refractivity contribution < 1.29 is 24.0 Å². The van der Waals surface area contributed by atoms with Crippen molar-refractivity contribution in [1.29, 1.82) is 0 Å². The molecule has 202 valence electrons. The fourth-order valence-corrected chi connectivity index (χ4v) is 4.37. The third-order valence-electron chi connectivity index (χ3n) is 6.01. The zero-order valence-electron chi connectivity index (χ0n) is 22.7. The summed E-state index contributed by atoms with van der Waals surface area (Å²) in [5, 5.41) is 14.6. The van der Waals surface area contributed by atoms with Gasteiger partial charge in [-0.25, -0.2) is 9.59 Å². The van der Waals surface area contributed by atoms with Crippen LogP contribution in [0, 0.1) is 10.1 Å². The fourth-order valence-electron chi connectivity index (χ4n) is 4.37. The van der Waals surface area contributed by atoms with Crippen molar-refractivity contribution in [1.82, 2.24) is 10.2 Å². The average Bonchev–Trinajstić information content (AvgIpc) is 2.83. The molecule has 2 aromatic carbocycles. The Balaban J connectivity index is 1.89. The van der Waals surface area contributed by atoms with E-state index in [1.165, 1.54) is 18.2 Å². The Kier molecular flexibility index (Phi) is 9.06. The lowest BCUT2D eigenvalue weighted by molar-refractivity contribution is -0.384. The van der Waals surface area contributed by atoms with Gasteiger partial charge in [-0.1, -0.05) is 42.5 Å². The summed E-state index contributed by atoms with van der Waals surface area (Å²) in [7, 11) is 1.94. The molecule has 0 saturated heterocycles. The van der Waals surface area contributed by atoms with Gasteiger partial charge in [0.15, 0.2) is 0 Å². The Morgan fingerprint density at radius 2 is 1.63 bits per heavy atom. The third kappa shape index (κ3) is 7.29. The molecule has 1 aliphatic heterocycles. The molecule has 0 saturated carbocycles. The number of non-ortho nitro benzene ring substituents is 1. The van der Waals surface area contributed by atoms with Crippen molar-refractivity contribution in [3.8, 4) is 0 Å². The number of hydrogen-bond acceptors (Lipinski definition) is 8. The number of nitro benzene ring substituents is 1. The summed E-state index contributed by atoms with van der Waals surface area (Å²) in [6.45, 7) is 10.0. The van der Waals surface area contributed by atoms with Gasteiger partial charge in [-0.15, -0.1) is 0 Å². The largest absolute Gasteiger partial charge is 0.461 e. The molecule has 2 aromatic rings. The van der Waals surface area contributed by atoms with Crippen LogP contribution >= 0.6 is 0 Å². The van der Waals surface area contributed by atoms with Gasteiger partial charge in [0.05, 0.1) is 22.0 Å². The highest BCUT2D eigenvalue weighted by atomic mass is 16.6. The van der Waals surface area contributed by atoms with E-state index in [1.54, 1.807) is 40.7 Å². The van der Waals surface area contributed by atoms with Gasteiger partial charge >= 0.3 is 11.9 Å². The van der Waals surface area contributed by atoms with Crippen LogP contribution in [0.4, 0.5) is 5.69 Å². The summed E-state index contributed by atoms with van der Waals surface area (Å²) in [4.78, 5) is 39.8. The van der Waals surface area contributed by atoms with Gasteiger partial charge in [-0.3, -0.25) is 15.0 Å². The van der Waals surface area contributed by atoms with E-state index < -0.39 is 28.4 Å². The predicted octanol–water partition coefficient (Wildman–Crippen LogP) is 4.85. The first-order valence-electron chi connectivity index (χ1n) is 12.4. The Morgan fingerprint density at radius 3 is 2.24 bits per heavy atom. The maximum Gasteiger partial charge on any atom is 0.337 e. The van der Waals surface area contributed by atoms with Crippen molar-refractivity contribution in [2.24, 2.45) is 0 Å². The van der Waals surface area contributed by atoms with Crippen LogP contribution < -0.4 is 5.32 Å². The summed E-state index contributed by atoms with van der Waals surface area (Å²) in [6.07, 6.45) is 0. The smallest absolute Gasteiger partial charge is 0.337 e. The normalized spacial score (nSPS) is 15.8. The quantitative estimate of drug-likeness (QED) is 0.283. The maximum absolute atomic E-state index is 13.5. The SMILES string of the molecule is CC1=C(C(=O)OCCN(C)Cc2ccccc2)C(c2cccc([N+](=O)[O-])c2)C(C(=O)OC(C)(C)C)=C(C)N1. The molecular weight excluding hydrogens is 486 g/mol. The van der Waals surface area contributed by atoms with Crippen LogP contribution in [0.1, 0.15) is 51.7 Å². The molecule has 0 aromatic heterocycles. The van der Waals surface area contributed by atoms with Crippen LogP contribution in [0.2, 0.25) is 0 Å². The first-order valence-corrected chi connectivity index (χ1v) is 12.4. The minimum Gasteiger partial charge on any atom is -0.461 e. The Labute approximate surface area is 223 Å². The molecular formula is C29H35N3O6. The van der Waals surface area contributed by atoms with Crippen LogP contribution in [0.3, 0.4) is 0 Å². The van der Waals surface area contributed by atoms with E-state index in [0.717, 1.165) is 5.56 Å². The van der Waals surface area contributed by atoms with Crippen molar-refractivity contribution in [3.63, 3.8) is 0 Å². The second-order valence-corrected chi connectivity index (χ2v) is 10.3. The second kappa shape index (κ2) is 12.0. The van der Waals surface area contributed by atoms with Crippen LogP contribution in [0.5, 0.6) is 0 Å². The highest BCUT2D eigenvalue weighted by Gasteiger charge is 2.39. The van der Waals surface area contributed by atoms with Crippen LogP contribution in [0.25, 0.3) is 0 Å². The van der Waals surface area contributed by atoms with Gasteiger partial charge in [-0.05, 0) is 52.8 Å². The molecule has 0 fully saturated rings.